The topological polar surface area (TPSA) is 52.3 Å². The van der Waals surface area contributed by atoms with Gasteiger partial charge in [-0.3, -0.25) is 4.21 Å². The lowest BCUT2D eigenvalue weighted by Crippen LogP contribution is -2.41. The van der Waals surface area contributed by atoms with Crippen LogP contribution < -0.4 is 5.73 Å². The first kappa shape index (κ1) is 14.2. The molecule has 1 saturated heterocycles. The summed E-state index contributed by atoms with van der Waals surface area (Å²) in [5.74, 6) is 0.444. The van der Waals surface area contributed by atoms with Crippen molar-refractivity contribution >= 4 is 10.8 Å². The van der Waals surface area contributed by atoms with Crippen LogP contribution in [-0.4, -0.2) is 27.9 Å². The molecule has 1 aromatic rings. The van der Waals surface area contributed by atoms with Gasteiger partial charge in [0, 0.05) is 35.3 Å². The summed E-state index contributed by atoms with van der Waals surface area (Å²) in [5, 5.41) is 0.347. The molecular weight excluding hydrogens is 270 g/mol. The van der Waals surface area contributed by atoms with Crippen LogP contribution in [0.15, 0.2) is 24.3 Å². The number of nitrogens with two attached hydrogens (primary N) is 1. The molecule has 3 nitrogen and oxygen atoms in total. The Labute approximate surface area is 123 Å². The van der Waals surface area contributed by atoms with E-state index < -0.39 is 10.8 Å². The number of ether oxygens (including phenoxy) is 1. The number of hydrogen-bond donors (Lipinski definition) is 1. The Balaban J connectivity index is 1.83. The number of fused-ring (bicyclic) bond motifs is 1. The lowest BCUT2D eigenvalue weighted by molar-refractivity contribution is 0.0990. The highest BCUT2D eigenvalue weighted by Gasteiger charge is 2.37. The zero-order chi connectivity index (χ0) is 14.1. The Morgan fingerprint density at radius 1 is 1.20 bits per heavy atom. The monoisotopic (exact) mass is 293 g/mol. The van der Waals surface area contributed by atoms with Crippen molar-refractivity contribution in [2.24, 2.45) is 5.73 Å². The van der Waals surface area contributed by atoms with Gasteiger partial charge in [0.05, 0.1) is 5.25 Å². The molecule has 0 bridgehead atoms. The Morgan fingerprint density at radius 3 is 2.55 bits per heavy atom. The third-order valence-corrected chi connectivity index (χ3v) is 6.88. The van der Waals surface area contributed by atoms with Crippen molar-refractivity contribution in [1.29, 1.82) is 0 Å². The van der Waals surface area contributed by atoms with Gasteiger partial charge in [-0.1, -0.05) is 31.2 Å². The van der Waals surface area contributed by atoms with E-state index >= 15 is 0 Å². The predicted octanol–water partition coefficient (Wildman–Crippen LogP) is 2.49. The molecule has 0 amide bonds. The molecule has 1 fully saturated rings. The molecule has 0 spiro atoms. The third kappa shape index (κ3) is 2.57. The first-order chi connectivity index (χ1) is 9.68. The summed E-state index contributed by atoms with van der Waals surface area (Å²) in [6.07, 6.45) is 2.75. The normalized spacial score (nSPS) is 32.6. The fourth-order valence-corrected chi connectivity index (χ4v) is 5.55. The van der Waals surface area contributed by atoms with E-state index in [2.05, 4.69) is 25.1 Å². The van der Waals surface area contributed by atoms with Crippen LogP contribution in [0.3, 0.4) is 0 Å². The maximum absolute atomic E-state index is 12.9. The van der Waals surface area contributed by atoms with Gasteiger partial charge in [0.15, 0.2) is 0 Å². The van der Waals surface area contributed by atoms with Crippen LogP contribution in [-0.2, 0) is 15.5 Å². The van der Waals surface area contributed by atoms with Gasteiger partial charge >= 0.3 is 0 Å². The van der Waals surface area contributed by atoms with E-state index in [9.17, 15) is 4.21 Å². The highest BCUT2D eigenvalue weighted by atomic mass is 32.2. The van der Waals surface area contributed by atoms with Crippen LogP contribution in [0.25, 0.3) is 0 Å². The molecular formula is C16H23NO2S. The van der Waals surface area contributed by atoms with E-state index in [4.69, 9.17) is 10.5 Å². The molecule has 3 rings (SSSR count). The van der Waals surface area contributed by atoms with Crippen molar-refractivity contribution in [3.05, 3.63) is 35.4 Å². The van der Waals surface area contributed by atoms with Crippen molar-refractivity contribution in [3.8, 4) is 0 Å². The van der Waals surface area contributed by atoms with Crippen LogP contribution in [0.5, 0.6) is 0 Å². The zero-order valence-corrected chi connectivity index (χ0v) is 12.8. The predicted molar refractivity (Wildman–Crippen MR) is 82.2 cm³/mol. The SMILES string of the molecule is CC1CC(S(=O)C2CCOCC2)C(N)c2ccccc21. The van der Waals surface area contributed by atoms with Crippen molar-refractivity contribution in [3.63, 3.8) is 0 Å². The molecule has 4 unspecified atom stereocenters. The standard InChI is InChI=1S/C16H23NO2S/c1-11-10-15(20(18)12-6-8-19-9-7-12)16(17)14-5-3-2-4-13(11)14/h2-5,11-12,15-16H,6-10,17H2,1H3. The second-order valence-corrected chi connectivity index (χ2v) is 7.90. The maximum Gasteiger partial charge on any atom is 0.0549 e. The van der Waals surface area contributed by atoms with Crippen molar-refractivity contribution in [1.82, 2.24) is 0 Å². The average Bonchev–Trinajstić information content (AvgIpc) is 2.51. The van der Waals surface area contributed by atoms with Crippen molar-refractivity contribution in [2.45, 2.75) is 48.6 Å². The van der Waals surface area contributed by atoms with Crippen molar-refractivity contribution in [2.75, 3.05) is 13.2 Å². The van der Waals surface area contributed by atoms with E-state index in [1.165, 1.54) is 11.1 Å². The molecule has 2 aliphatic rings. The Kier molecular flexibility index (Phi) is 4.24. The molecule has 20 heavy (non-hydrogen) atoms. The first-order valence-electron chi connectivity index (χ1n) is 7.50. The Hall–Kier alpha value is -0.710. The van der Waals surface area contributed by atoms with Crippen molar-refractivity contribution < 1.29 is 8.95 Å². The lowest BCUT2D eigenvalue weighted by Gasteiger charge is -2.36. The van der Waals surface area contributed by atoms with E-state index in [1.54, 1.807) is 0 Å². The summed E-state index contributed by atoms with van der Waals surface area (Å²) in [4.78, 5) is 0. The fourth-order valence-electron chi connectivity index (χ4n) is 3.48. The summed E-state index contributed by atoms with van der Waals surface area (Å²) < 4.78 is 18.3. The second kappa shape index (κ2) is 5.96. The zero-order valence-electron chi connectivity index (χ0n) is 12.0. The molecule has 4 atom stereocenters. The van der Waals surface area contributed by atoms with Crippen LogP contribution in [0, 0.1) is 0 Å². The minimum absolute atomic E-state index is 0.0861. The second-order valence-electron chi connectivity index (χ2n) is 5.97. The Morgan fingerprint density at radius 2 is 1.85 bits per heavy atom. The van der Waals surface area contributed by atoms with Crippen LogP contribution in [0.4, 0.5) is 0 Å². The molecule has 1 aliphatic carbocycles. The first-order valence-corrected chi connectivity index (χ1v) is 8.77. The van der Waals surface area contributed by atoms with Crippen LogP contribution in [0.1, 0.15) is 49.3 Å². The largest absolute Gasteiger partial charge is 0.381 e. The van der Waals surface area contributed by atoms with Gasteiger partial charge in [0.25, 0.3) is 0 Å². The van der Waals surface area contributed by atoms with Gasteiger partial charge in [0.1, 0.15) is 0 Å². The van der Waals surface area contributed by atoms with E-state index in [0.717, 1.165) is 32.5 Å². The average molecular weight is 293 g/mol. The molecule has 4 heteroatoms. The summed E-state index contributed by atoms with van der Waals surface area (Å²) in [5.41, 5.74) is 8.96. The summed E-state index contributed by atoms with van der Waals surface area (Å²) in [7, 11) is -0.856. The molecule has 0 saturated carbocycles. The van der Waals surface area contributed by atoms with Gasteiger partial charge in [-0.15, -0.1) is 0 Å². The summed E-state index contributed by atoms with van der Waals surface area (Å²) >= 11 is 0. The van der Waals surface area contributed by atoms with Crippen LogP contribution >= 0.6 is 0 Å². The minimum atomic E-state index is -0.856. The minimum Gasteiger partial charge on any atom is -0.381 e. The number of benzene rings is 1. The molecule has 1 aliphatic heterocycles. The van der Waals surface area contributed by atoms with Gasteiger partial charge in [-0.25, -0.2) is 0 Å². The summed E-state index contributed by atoms with van der Waals surface area (Å²) in [6.45, 7) is 3.70. The summed E-state index contributed by atoms with van der Waals surface area (Å²) in [6, 6.07) is 8.27. The molecule has 0 radical (unpaired) electrons. The molecule has 2 N–H and O–H groups in total. The van der Waals surface area contributed by atoms with Gasteiger partial charge in [0.2, 0.25) is 0 Å². The van der Waals surface area contributed by atoms with E-state index in [-0.39, 0.29) is 16.5 Å². The third-order valence-electron chi connectivity index (χ3n) is 4.67. The smallest absolute Gasteiger partial charge is 0.0549 e. The molecule has 1 heterocycles. The van der Waals surface area contributed by atoms with Gasteiger partial charge in [-0.2, -0.15) is 0 Å². The highest BCUT2D eigenvalue weighted by molar-refractivity contribution is 7.86. The van der Waals surface area contributed by atoms with Crippen LogP contribution in [0.2, 0.25) is 0 Å². The van der Waals surface area contributed by atoms with E-state index in [1.807, 2.05) is 6.07 Å². The molecule has 110 valence electrons. The molecule has 1 aromatic carbocycles. The van der Waals surface area contributed by atoms with Gasteiger partial charge < -0.3 is 10.5 Å². The van der Waals surface area contributed by atoms with E-state index in [0.29, 0.717) is 5.92 Å². The lowest BCUT2D eigenvalue weighted by atomic mass is 9.81. The number of hydrogen-bond acceptors (Lipinski definition) is 3. The quantitative estimate of drug-likeness (QED) is 0.911. The maximum atomic E-state index is 12.9. The Bertz CT molecular complexity index is 499. The highest BCUT2D eigenvalue weighted by Crippen LogP contribution is 2.39. The fraction of sp³-hybridized carbons (Fsp3) is 0.625. The van der Waals surface area contributed by atoms with Gasteiger partial charge in [-0.05, 0) is 36.3 Å². The number of rotatable bonds is 2. The molecule has 0 aromatic heterocycles.